The van der Waals surface area contributed by atoms with Crippen molar-refractivity contribution in [1.82, 2.24) is 14.4 Å². The Hall–Kier alpha value is -4.23. The van der Waals surface area contributed by atoms with Gasteiger partial charge in [0.25, 0.3) is 11.8 Å². The predicted molar refractivity (Wildman–Crippen MR) is 152 cm³/mol. The van der Waals surface area contributed by atoms with Crippen molar-refractivity contribution in [2.24, 2.45) is 0 Å². The molecule has 0 bridgehead atoms. The molecule has 4 aromatic rings. The molecule has 2 amide bonds. The summed E-state index contributed by atoms with van der Waals surface area (Å²) in [4.78, 5) is 30.5. The van der Waals surface area contributed by atoms with Gasteiger partial charge in [-0.2, -0.15) is 0 Å². The zero-order valence-electron chi connectivity index (χ0n) is 22.2. The van der Waals surface area contributed by atoms with Crippen molar-refractivity contribution >= 4 is 23.4 Å². The Morgan fingerprint density at radius 2 is 1.33 bits per heavy atom. The first-order valence-corrected chi connectivity index (χ1v) is 13.1. The number of nitrogens with zero attached hydrogens (tertiary/aromatic N) is 3. The minimum atomic E-state index is -0.0950. The molecule has 0 unspecified atom stereocenters. The van der Waals surface area contributed by atoms with Gasteiger partial charge >= 0.3 is 0 Å². The highest BCUT2D eigenvalue weighted by atomic mass is 35.5. The second-order valence-electron chi connectivity index (χ2n) is 9.33. The van der Waals surface area contributed by atoms with E-state index < -0.39 is 0 Å². The Bertz CT molecular complexity index is 1500. The van der Waals surface area contributed by atoms with Crippen LogP contribution in [-0.4, -0.2) is 66.6 Å². The van der Waals surface area contributed by atoms with Gasteiger partial charge in [0.1, 0.15) is 11.5 Å². The smallest absolute Gasteiger partial charge is 0.257 e. The second kappa shape index (κ2) is 11.3. The molecule has 1 aliphatic rings. The van der Waals surface area contributed by atoms with Crippen LogP contribution in [-0.2, 0) is 0 Å². The van der Waals surface area contributed by atoms with Crippen LogP contribution in [0.4, 0.5) is 0 Å². The lowest BCUT2D eigenvalue weighted by molar-refractivity contribution is 0.0533. The third kappa shape index (κ3) is 5.10. The van der Waals surface area contributed by atoms with E-state index in [0.29, 0.717) is 48.1 Å². The fraction of sp³-hybridized carbons (Fsp3) is 0.226. The molecule has 8 heteroatoms. The quantitative estimate of drug-likeness (QED) is 0.312. The van der Waals surface area contributed by atoms with Crippen LogP contribution in [0.15, 0.2) is 78.9 Å². The van der Waals surface area contributed by atoms with E-state index >= 15 is 0 Å². The van der Waals surface area contributed by atoms with Crippen LogP contribution in [0.5, 0.6) is 11.5 Å². The van der Waals surface area contributed by atoms with Gasteiger partial charge in [0.05, 0.1) is 41.8 Å². The first-order valence-electron chi connectivity index (χ1n) is 12.8. The lowest BCUT2D eigenvalue weighted by Crippen LogP contribution is -2.50. The third-order valence-electron chi connectivity index (χ3n) is 7.15. The summed E-state index contributed by atoms with van der Waals surface area (Å²) in [5.74, 6) is 1.13. The molecule has 1 aliphatic heterocycles. The van der Waals surface area contributed by atoms with Crippen molar-refractivity contribution in [1.29, 1.82) is 0 Å². The summed E-state index contributed by atoms with van der Waals surface area (Å²) in [6.45, 7) is 3.70. The Balaban J connectivity index is 1.43. The third-order valence-corrected chi connectivity index (χ3v) is 7.47. The molecule has 1 aromatic heterocycles. The van der Waals surface area contributed by atoms with Crippen LogP contribution in [0.25, 0.3) is 16.9 Å². The molecular formula is C31H30ClN3O4. The minimum absolute atomic E-state index is 0.0718. The summed E-state index contributed by atoms with van der Waals surface area (Å²) in [5.41, 5.74) is 4.52. The summed E-state index contributed by atoms with van der Waals surface area (Å²) in [6.07, 6.45) is 0. The number of halogens is 1. The lowest BCUT2D eigenvalue weighted by atomic mass is 10.1. The number of hydrogen-bond donors (Lipinski definition) is 0. The van der Waals surface area contributed by atoms with E-state index in [0.717, 1.165) is 28.4 Å². The number of benzene rings is 3. The lowest BCUT2D eigenvalue weighted by Gasteiger charge is -2.35. The van der Waals surface area contributed by atoms with Crippen molar-refractivity contribution < 1.29 is 19.1 Å². The Morgan fingerprint density at radius 3 is 1.95 bits per heavy atom. The molecule has 0 spiro atoms. The van der Waals surface area contributed by atoms with Crippen LogP contribution >= 0.6 is 11.6 Å². The molecule has 200 valence electrons. The highest BCUT2D eigenvalue weighted by Crippen LogP contribution is 2.34. The summed E-state index contributed by atoms with van der Waals surface area (Å²) < 4.78 is 12.7. The summed E-state index contributed by atoms with van der Waals surface area (Å²) in [6, 6.07) is 24.5. The van der Waals surface area contributed by atoms with Crippen molar-refractivity contribution in [2.75, 3.05) is 40.4 Å². The zero-order valence-corrected chi connectivity index (χ0v) is 22.9. The topological polar surface area (TPSA) is 64.0 Å². The van der Waals surface area contributed by atoms with Crippen LogP contribution in [0.1, 0.15) is 26.4 Å². The number of amides is 2. The fourth-order valence-electron chi connectivity index (χ4n) is 5.02. The highest BCUT2D eigenvalue weighted by molar-refractivity contribution is 6.32. The van der Waals surface area contributed by atoms with E-state index in [4.69, 9.17) is 21.1 Å². The molecule has 7 nitrogen and oxygen atoms in total. The molecule has 39 heavy (non-hydrogen) atoms. The summed E-state index contributed by atoms with van der Waals surface area (Å²) in [7, 11) is 3.19. The van der Waals surface area contributed by atoms with Crippen molar-refractivity contribution in [3.05, 3.63) is 101 Å². The van der Waals surface area contributed by atoms with Crippen molar-refractivity contribution in [3.63, 3.8) is 0 Å². The molecule has 2 heterocycles. The van der Waals surface area contributed by atoms with E-state index in [9.17, 15) is 9.59 Å². The average Bonchev–Trinajstić information content (AvgIpc) is 3.33. The van der Waals surface area contributed by atoms with Gasteiger partial charge in [-0.15, -0.1) is 0 Å². The van der Waals surface area contributed by atoms with Gasteiger partial charge in [-0.1, -0.05) is 35.9 Å². The van der Waals surface area contributed by atoms with E-state index in [1.54, 1.807) is 31.3 Å². The number of piperazine rings is 1. The van der Waals surface area contributed by atoms with Gasteiger partial charge in [-0.05, 0) is 67.1 Å². The van der Waals surface area contributed by atoms with Crippen molar-refractivity contribution in [2.45, 2.75) is 6.92 Å². The summed E-state index contributed by atoms with van der Waals surface area (Å²) >= 11 is 6.61. The second-order valence-corrected chi connectivity index (χ2v) is 9.74. The maximum atomic E-state index is 13.8. The zero-order chi connectivity index (χ0) is 27.5. The molecule has 5 rings (SSSR count). The standard InChI is InChI=1S/C31H30ClN3O4/c1-21-25(31(37)34-18-16-33(17-19-34)30(36)24-8-4-7-11-29(24)39-3)20-28(22-12-14-23(38-2)15-13-22)35(21)27-10-6-5-9-26(27)32/h4-15,20H,16-19H2,1-3H3. The monoisotopic (exact) mass is 543 g/mol. The van der Waals surface area contributed by atoms with Crippen molar-refractivity contribution in [3.8, 4) is 28.4 Å². The highest BCUT2D eigenvalue weighted by Gasteiger charge is 2.29. The van der Waals surface area contributed by atoms with Gasteiger partial charge in [0, 0.05) is 31.9 Å². The first kappa shape index (κ1) is 26.4. The van der Waals surface area contributed by atoms with Gasteiger partial charge < -0.3 is 23.8 Å². The number of carbonyl (C=O) groups is 2. The fourth-order valence-corrected chi connectivity index (χ4v) is 5.24. The molecule has 0 radical (unpaired) electrons. The first-order chi connectivity index (χ1) is 18.9. The summed E-state index contributed by atoms with van der Waals surface area (Å²) in [5, 5.41) is 0.591. The molecule has 0 saturated carbocycles. The van der Waals surface area contributed by atoms with Crippen LogP contribution in [0, 0.1) is 6.92 Å². The molecule has 3 aromatic carbocycles. The van der Waals surface area contributed by atoms with Crippen LogP contribution in [0.2, 0.25) is 5.02 Å². The molecule has 1 fully saturated rings. The maximum Gasteiger partial charge on any atom is 0.257 e. The number of hydrogen-bond acceptors (Lipinski definition) is 4. The van der Waals surface area contributed by atoms with E-state index in [-0.39, 0.29) is 11.8 Å². The number of carbonyl (C=O) groups excluding carboxylic acids is 2. The molecular weight excluding hydrogens is 514 g/mol. The van der Waals surface area contributed by atoms with Gasteiger partial charge in [-0.25, -0.2) is 0 Å². The van der Waals surface area contributed by atoms with E-state index in [1.807, 2.05) is 83.1 Å². The van der Waals surface area contributed by atoms with Crippen LogP contribution < -0.4 is 9.47 Å². The largest absolute Gasteiger partial charge is 0.497 e. The SMILES string of the molecule is COc1ccc(-c2cc(C(=O)N3CCN(C(=O)c4ccccc4OC)CC3)c(C)n2-c2ccccc2Cl)cc1. The number of methoxy groups -OCH3 is 2. The minimum Gasteiger partial charge on any atom is -0.497 e. The molecule has 0 aliphatic carbocycles. The molecule has 0 N–H and O–H groups in total. The van der Waals surface area contributed by atoms with Crippen LogP contribution in [0.3, 0.4) is 0 Å². The number of rotatable bonds is 6. The van der Waals surface area contributed by atoms with E-state index in [2.05, 4.69) is 0 Å². The number of ether oxygens (including phenoxy) is 2. The predicted octanol–water partition coefficient (Wildman–Crippen LogP) is 5.72. The van der Waals surface area contributed by atoms with Gasteiger partial charge in [0.15, 0.2) is 0 Å². The van der Waals surface area contributed by atoms with E-state index in [1.165, 1.54) is 0 Å². The average molecular weight is 544 g/mol. The normalized spacial score (nSPS) is 13.3. The number of aromatic nitrogens is 1. The molecule has 1 saturated heterocycles. The molecule has 0 atom stereocenters. The number of para-hydroxylation sites is 2. The Kier molecular flexibility index (Phi) is 7.61. The Labute approximate surface area is 233 Å². The van der Waals surface area contributed by atoms with Gasteiger partial charge in [0.2, 0.25) is 0 Å². The Morgan fingerprint density at radius 1 is 0.744 bits per heavy atom. The van der Waals surface area contributed by atoms with Gasteiger partial charge in [-0.3, -0.25) is 9.59 Å². The maximum absolute atomic E-state index is 13.8.